The fourth-order valence-electron chi connectivity index (χ4n) is 5.39. The molecule has 196 valence electrons. The topological polar surface area (TPSA) is 61.5 Å². The molecule has 2 heterocycles. The summed E-state index contributed by atoms with van der Waals surface area (Å²) in [6.07, 6.45) is 0. The zero-order valence-electron chi connectivity index (χ0n) is 21.9. The molecule has 0 saturated carbocycles. The van der Waals surface area contributed by atoms with Crippen LogP contribution in [0.25, 0.3) is 11.0 Å². The second kappa shape index (κ2) is 11.6. The Morgan fingerprint density at radius 3 is 2.05 bits per heavy atom. The van der Waals surface area contributed by atoms with Gasteiger partial charge < -0.3 is 9.72 Å². The van der Waals surface area contributed by atoms with E-state index < -0.39 is 0 Å². The van der Waals surface area contributed by atoms with Gasteiger partial charge in [0.15, 0.2) is 0 Å². The molecule has 1 saturated heterocycles. The minimum absolute atomic E-state index is 0.115. The van der Waals surface area contributed by atoms with Gasteiger partial charge in [0.25, 0.3) is 0 Å². The number of imidazole rings is 1. The van der Waals surface area contributed by atoms with Gasteiger partial charge in [0, 0.05) is 32.7 Å². The quantitative estimate of drug-likeness (QED) is 0.263. The second-order valence-corrected chi connectivity index (χ2v) is 10.0. The van der Waals surface area contributed by atoms with Crippen molar-refractivity contribution in [2.45, 2.75) is 19.2 Å². The molecule has 1 aliphatic heterocycles. The lowest BCUT2D eigenvalue weighted by Crippen LogP contribution is -2.47. The number of carbonyl (C=O) groups is 1. The number of rotatable bonds is 8. The number of piperazine rings is 1. The molecule has 1 aliphatic rings. The largest absolute Gasteiger partial charge is 0.454 e. The number of esters is 1. The van der Waals surface area contributed by atoms with E-state index in [0.29, 0.717) is 11.4 Å². The van der Waals surface area contributed by atoms with Crippen LogP contribution in [-0.4, -0.2) is 51.9 Å². The van der Waals surface area contributed by atoms with Crippen LogP contribution in [0.5, 0.6) is 0 Å². The molecule has 0 radical (unpaired) electrons. The highest BCUT2D eigenvalue weighted by molar-refractivity contribution is 5.89. The van der Waals surface area contributed by atoms with E-state index in [-0.39, 0.29) is 18.6 Å². The van der Waals surface area contributed by atoms with E-state index in [1.165, 1.54) is 16.7 Å². The monoisotopic (exact) mass is 516 g/mol. The predicted octanol–water partition coefficient (Wildman–Crippen LogP) is 5.83. The number of H-pyrrole nitrogens is 1. The fourth-order valence-corrected chi connectivity index (χ4v) is 5.39. The third-order valence-electron chi connectivity index (χ3n) is 7.35. The van der Waals surface area contributed by atoms with Crippen LogP contribution in [0.2, 0.25) is 0 Å². The highest BCUT2D eigenvalue weighted by Gasteiger charge is 2.26. The van der Waals surface area contributed by atoms with Gasteiger partial charge in [-0.05, 0) is 41.0 Å². The number of carbonyl (C=O) groups excluding carboxylic acids is 1. The highest BCUT2D eigenvalue weighted by atomic mass is 16.5. The summed E-state index contributed by atoms with van der Waals surface area (Å²) >= 11 is 0. The van der Waals surface area contributed by atoms with E-state index in [9.17, 15) is 4.79 Å². The lowest BCUT2D eigenvalue weighted by molar-refractivity contribution is 0.0463. The fraction of sp³-hybridized carbons (Fsp3) is 0.212. The number of nitrogens with one attached hydrogen (secondary N) is 1. The number of ether oxygens (including phenoxy) is 1. The molecule has 6 heteroatoms. The number of fused-ring (bicyclic) bond motifs is 1. The molecule has 1 N–H and O–H groups in total. The van der Waals surface area contributed by atoms with Crippen LogP contribution in [0.3, 0.4) is 0 Å². The van der Waals surface area contributed by atoms with Crippen LogP contribution in [0, 0.1) is 0 Å². The first-order valence-corrected chi connectivity index (χ1v) is 13.5. The van der Waals surface area contributed by atoms with E-state index >= 15 is 0 Å². The zero-order chi connectivity index (χ0) is 26.4. The third kappa shape index (κ3) is 5.93. The van der Waals surface area contributed by atoms with Gasteiger partial charge in [0.05, 0.1) is 22.6 Å². The Morgan fingerprint density at radius 2 is 1.41 bits per heavy atom. The van der Waals surface area contributed by atoms with Crippen LogP contribution >= 0.6 is 0 Å². The molecule has 0 atom stereocenters. The summed E-state index contributed by atoms with van der Waals surface area (Å²) in [6, 6.07) is 37.3. The number of benzene rings is 4. The lowest BCUT2D eigenvalue weighted by atomic mass is 9.96. The molecule has 39 heavy (non-hydrogen) atoms. The van der Waals surface area contributed by atoms with Gasteiger partial charge in [-0.2, -0.15) is 0 Å². The van der Waals surface area contributed by atoms with Crippen molar-refractivity contribution in [1.82, 2.24) is 19.8 Å². The van der Waals surface area contributed by atoms with Gasteiger partial charge in [-0.25, -0.2) is 9.78 Å². The number of aromatic nitrogens is 2. The molecule has 5 aromatic rings. The molecule has 0 aliphatic carbocycles. The average Bonchev–Trinajstić information content (AvgIpc) is 3.41. The van der Waals surface area contributed by atoms with E-state index in [2.05, 4.69) is 92.6 Å². The molecule has 0 unspecified atom stereocenters. The van der Waals surface area contributed by atoms with Gasteiger partial charge in [0.2, 0.25) is 0 Å². The van der Waals surface area contributed by atoms with Crippen LogP contribution in [0.15, 0.2) is 109 Å². The maximum Gasteiger partial charge on any atom is 0.338 e. The predicted molar refractivity (Wildman–Crippen MR) is 153 cm³/mol. The third-order valence-corrected chi connectivity index (χ3v) is 7.35. The van der Waals surface area contributed by atoms with Gasteiger partial charge in [-0.15, -0.1) is 0 Å². The first-order valence-electron chi connectivity index (χ1n) is 13.5. The molecule has 0 bridgehead atoms. The minimum atomic E-state index is -0.349. The van der Waals surface area contributed by atoms with Gasteiger partial charge >= 0.3 is 5.97 Å². The molecular formula is C33H32N4O2. The van der Waals surface area contributed by atoms with Gasteiger partial charge in [-0.3, -0.25) is 9.80 Å². The second-order valence-electron chi connectivity index (χ2n) is 10.0. The maximum atomic E-state index is 12.3. The van der Waals surface area contributed by atoms with E-state index in [0.717, 1.165) is 43.8 Å². The van der Waals surface area contributed by atoms with Gasteiger partial charge in [0.1, 0.15) is 12.4 Å². The van der Waals surface area contributed by atoms with Crippen LogP contribution in [0.1, 0.15) is 38.9 Å². The molecular weight excluding hydrogens is 484 g/mol. The van der Waals surface area contributed by atoms with Crippen molar-refractivity contribution in [2.24, 2.45) is 0 Å². The molecule has 1 fully saturated rings. The SMILES string of the molecule is O=C(OCc1nc2ccc(CN3CCN(C(c4ccccc4)c4ccccc4)CC3)cc2[nH]1)c1ccccc1. The number of aromatic amines is 1. The summed E-state index contributed by atoms with van der Waals surface area (Å²) in [5.74, 6) is 0.297. The van der Waals surface area contributed by atoms with Crippen molar-refractivity contribution in [1.29, 1.82) is 0 Å². The van der Waals surface area contributed by atoms with E-state index in [4.69, 9.17) is 4.74 Å². The Balaban J connectivity index is 1.08. The first-order chi connectivity index (χ1) is 19.2. The Hall–Kier alpha value is -4.26. The van der Waals surface area contributed by atoms with Crippen molar-refractivity contribution in [3.8, 4) is 0 Å². The summed E-state index contributed by atoms with van der Waals surface area (Å²) in [5.41, 5.74) is 6.30. The smallest absolute Gasteiger partial charge is 0.338 e. The Morgan fingerprint density at radius 1 is 0.795 bits per heavy atom. The van der Waals surface area contributed by atoms with Crippen molar-refractivity contribution >= 4 is 17.0 Å². The van der Waals surface area contributed by atoms with Gasteiger partial charge in [-0.1, -0.05) is 84.9 Å². The van der Waals surface area contributed by atoms with Crippen molar-refractivity contribution < 1.29 is 9.53 Å². The molecule has 0 spiro atoms. The average molecular weight is 517 g/mol. The molecule has 0 amide bonds. The summed E-state index contributed by atoms with van der Waals surface area (Å²) in [6.45, 7) is 5.05. The molecule has 6 nitrogen and oxygen atoms in total. The van der Waals surface area contributed by atoms with Crippen molar-refractivity contribution in [3.63, 3.8) is 0 Å². The Labute approximate surface area is 228 Å². The standard InChI is InChI=1S/C33H32N4O2/c38-33(28-14-8-3-9-15-28)39-24-31-34-29-17-16-25(22-30(29)35-31)23-36-18-20-37(21-19-36)32(26-10-4-1-5-11-26)27-12-6-2-7-13-27/h1-17,22,32H,18-21,23-24H2,(H,34,35). The highest BCUT2D eigenvalue weighted by Crippen LogP contribution is 2.29. The summed E-state index contributed by atoms with van der Waals surface area (Å²) in [5, 5.41) is 0. The number of hydrogen-bond donors (Lipinski definition) is 1. The molecule has 4 aromatic carbocycles. The van der Waals surface area contributed by atoms with Crippen molar-refractivity contribution in [3.05, 3.63) is 137 Å². The summed E-state index contributed by atoms with van der Waals surface area (Å²) in [7, 11) is 0. The summed E-state index contributed by atoms with van der Waals surface area (Å²) in [4.78, 5) is 25.3. The zero-order valence-corrected chi connectivity index (χ0v) is 21.9. The lowest BCUT2D eigenvalue weighted by Gasteiger charge is -2.39. The maximum absolute atomic E-state index is 12.3. The Bertz CT molecular complexity index is 1470. The van der Waals surface area contributed by atoms with Crippen molar-refractivity contribution in [2.75, 3.05) is 26.2 Å². The number of hydrogen-bond acceptors (Lipinski definition) is 5. The molecule has 6 rings (SSSR count). The van der Waals surface area contributed by atoms with Crippen LogP contribution < -0.4 is 0 Å². The van der Waals surface area contributed by atoms with E-state index in [1.807, 2.05) is 24.3 Å². The van der Waals surface area contributed by atoms with Crippen LogP contribution in [0.4, 0.5) is 0 Å². The van der Waals surface area contributed by atoms with Crippen LogP contribution in [-0.2, 0) is 17.9 Å². The Kier molecular flexibility index (Phi) is 7.47. The molecule has 1 aromatic heterocycles. The first kappa shape index (κ1) is 25.0. The minimum Gasteiger partial charge on any atom is -0.454 e. The summed E-state index contributed by atoms with van der Waals surface area (Å²) < 4.78 is 5.44. The normalized spacial score (nSPS) is 14.6. The van der Waals surface area contributed by atoms with E-state index in [1.54, 1.807) is 12.1 Å². The number of nitrogens with zero attached hydrogens (tertiary/aromatic N) is 3.